The van der Waals surface area contributed by atoms with Gasteiger partial charge in [0.25, 0.3) is 0 Å². The molecule has 0 radical (unpaired) electrons. The molecule has 0 aromatic carbocycles. The Morgan fingerprint density at radius 2 is 2.00 bits per heavy atom. The number of aliphatic carboxylic acids is 2. The zero-order valence-electron chi connectivity index (χ0n) is 7.19. The topological polar surface area (TPSA) is 101 Å². The van der Waals surface area contributed by atoms with Crippen LogP contribution in [0.4, 0.5) is 0 Å². The second-order valence-electron chi connectivity index (χ2n) is 3.59. The zero-order chi connectivity index (χ0) is 10.1. The van der Waals surface area contributed by atoms with Gasteiger partial charge in [0.2, 0.25) is 0 Å². The summed E-state index contributed by atoms with van der Waals surface area (Å²) in [6, 6.07) is 0. The van der Waals surface area contributed by atoms with Crippen LogP contribution in [0.2, 0.25) is 0 Å². The summed E-state index contributed by atoms with van der Waals surface area (Å²) < 4.78 is 0. The number of nitrogens with two attached hydrogens (primary N) is 1. The van der Waals surface area contributed by atoms with Gasteiger partial charge in [0.1, 0.15) is 5.54 Å². The Morgan fingerprint density at radius 1 is 1.38 bits per heavy atom. The standard InChI is InChI=1S/C8H13NO4/c9-8(7(12)13)3-1-2-5(4-8)6(10)11/h5H,1-4,9H2,(H,10,11)(H,12,13)/t5-,8+/m1/s1. The fourth-order valence-electron chi connectivity index (χ4n) is 1.71. The molecule has 0 spiro atoms. The summed E-state index contributed by atoms with van der Waals surface area (Å²) >= 11 is 0. The van der Waals surface area contributed by atoms with Crippen molar-refractivity contribution >= 4 is 11.9 Å². The van der Waals surface area contributed by atoms with Crippen molar-refractivity contribution in [1.29, 1.82) is 0 Å². The van der Waals surface area contributed by atoms with Crippen molar-refractivity contribution in [1.82, 2.24) is 0 Å². The smallest absolute Gasteiger partial charge is 0.323 e. The fourth-order valence-corrected chi connectivity index (χ4v) is 1.71. The quantitative estimate of drug-likeness (QED) is 0.566. The molecule has 0 heterocycles. The lowest BCUT2D eigenvalue weighted by Crippen LogP contribution is -2.52. The highest BCUT2D eigenvalue weighted by molar-refractivity contribution is 5.80. The van der Waals surface area contributed by atoms with E-state index in [0.29, 0.717) is 19.3 Å². The van der Waals surface area contributed by atoms with Gasteiger partial charge in [-0.3, -0.25) is 9.59 Å². The lowest BCUT2D eigenvalue weighted by molar-refractivity contribution is -0.149. The molecule has 1 saturated carbocycles. The molecular weight excluding hydrogens is 174 g/mol. The Kier molecular flexibility index (Phi) is 2.56. The van der Waals surface area contributed by atoms with Crippen LogP contribution in [0.1, 0.15) is 25.7 Å². The van der Waals surface area contributed by atoms with Crippen molar-refractivity contribution in [3.63, 3.8) is 0 Å². The highest BCUT2D eigenvalue weighted by Gasteiger charge is 2.41. The first-order valence-corrected chi connectivity index (χ1v) is 4.21. The molecule has 1 rings (SSSR count). The van der Waals surface area contributed by atoms with Crippen LogP contribution in [0.15, 0.2) is 0 Å². The first-order valence-electron chi connectivity index (χ1n) is 4.21. The van der Waals surface area contributed by atoms with E-state index < -0.39 is 23.4 Å². The van der Waals surface area contributed by atoms with Crippen LogP contribution in [-0.4, -0.2) is 27.7 Å². The van der Waals surface area contributed by atoms with Crippen LogP contribution in [0, 0.1) is 5.92 Å². The van der Waals surface area contributed by atoms with Crippen molar-refractivity contribution in [2.45, 2.75) is 31.2 Å². The van der Waals surface area contributed by atoms with E-state index in [0.717, 1.165) is 0 Å². The highest BCUT2D eigenvalue weighted by atomic mass is 16.4. The number of carboxylic acids is 2. The van der Waals surface area contributed by atoms with E-state index in [4.69, 9.17) is 15.9 Å². The summed E-state index contributed by atoms with van der Waals surface area (Å²) in [7, 11) is 0. The van der Waals surface area contributed by atoms with Gasteiger partial charge >= 0.3 is 11.9 Å². The average molecular weight is 187 g/mol. The average Bonchev–Trinajstić information content (AvgIpc) is 2.04. The molecule has 0 aliphatic heterocycles. The number of rotatable bonds is 2. The van der Waals surface area contributed by atoms with E-state index in [9.17, 15) is 9.59 Å². The van der Waals surface area contributed by atoms with Crippen LogP contribution in [-0.2, 0) is 9.59 Å². The predicted molar refractivity (Wildman–Crippen MR) is 44.1 cm³/mol. The number of hydrogen-bond acceptors (Lipinski definition) is 3. The summed E-state index contributed by atoms with van der Waals surface area (Å²) in [5.74, 6) is -2.65. The minimum absolute atomic E-state index is 0.0394. The maximum atomic E-state index is 10.7. The third kappa shape index (κ3) is 1.98. The maximum Gasteiger partial charge on any atom is 0.323 e. The minimum Gasteiger partial charge on any atom is -0.481 e. The van der Waals surface area contributed by atoms with Gasteiger partial charge in [-0.1, -0.05) is 6.42 Å². The van der Waals surface area contributed by atoms with E-state index in [1.165, 1.54) is 0 Å². The molecule has 4 N–H and O–H groups in total. The summed E-state index contributed by atoms with van der Waals surface area (Å²) in [5, 5.41) is 17.5. The third-order valence-corrected chi connectivity index (χ3v) is 2.56. The minimum atomic E-state index is -1.33. The third-order valence-electron chi connectivity index (χ3n) is 2.56. The van der Waals surface area contributed by atoms with E-state index >= 15 is 0 Å². The Morgan fingerprint density at radius 3 is 2.46 bits per heavy atom. The lowest BCUT2D eigenvalue weighted by Gasteiger charge is -2.32. The molecule has 0 aromatic heterocycles. The van der Waals surface area contributed by atoms with Gasteiger partial charge in [0.15, 0.2) is 0 Å². The van der Waals surface area contributed by atoms with Crippen molar-refractivity contribution < 1.29 is 19.8 Å². The molecule has 2 atom stereocenters. The van der Waals surface area contributed by atoms with Crippen molar-refractivity contribution in [2.75, 3.05) is 0 Å². The molecule has 1 aliphatic rings. The van der Waals surface area contributed by atoms with E-state index in [1.54, 1.807) is 0 Å². The van der Waals surface area contributed by atoms with Crippen molar-refractivity contribution in [2.24, 2.45) is 11.7 Å². The first-order chi connectivity index (χ1) is 5.96. The second-order valence-corrected chi connectivity index (χ2v) is 3.59. The summed E-state index contributed by atoms with van der Waals surface area (Å²) in [5.41, 5.74) is 4.24. The van der Waals surface area contributed by atoms with Crippen LogP contribution >= 0.6 is 0 Å². The van der Waals surface area contributed by atoms with Crippen molar-refractivity contribution in [3.8, 4) is 0 Å². The highest BCUT2D eigenvalue weighted by Crippen LogP contribution is 2.30. The SMILES string of the molecule is N[C@@]1(C(=O)O)CCC[C@@H](C(=O)O)C1. The molecule has 0 aromatic rings. The molecule has 5 nitrogen and oxygen atoms in total. The molecule has 1 aliphatic carbocycles. The molecular formula is C8H13NO4. The normalized spacial score (nSPS) is 34.1. The largest absolute Gasteiger partial charge is 0.481 e. The molecule has 0 unspecified atom stereocenters. The molecule has 0 bridgehead atoms. The van der Waals surface area contributed by atoms with Crippen LogP contribution in [0.25, 0.3) is 0 Å². The summed E-state index contributed by atoms with van der Waals surface area (Å²) in [6.45, 7) is 0. The number of carboxylic acid groups (broad SMARTS) is 2. The maximum absolute atomic E-state index is 10.7. The van der Waals surface area contributed by atoms with Gasteiger partial charge in [-0.25, -0.2) is 0 Å². The number of carbonyl (C=O) groups is 2. The molecule has 13 heavy (non-hydrogen) atoms. The van der Waals surface area contributed by atoms with Gasteiger partial charge in [-0.2, -0.15) is 0 Å². The lowest BCUT2D eigenvalue weighted by atomic mass is 9.76. The Hall–Kier alpha value is -1.10. The van der Waals surface area contributed by atoms with Gasteiger partial charge < -0.3 is 15.9 Å². The Bertz CT molecular complexity index is 240. The molecule has 74 valence electrons. The van der Waals surface area contributed by atoms with Gasteiger partial charge in [0.05, 0.1) is 5.92 Å². The van der Waals surface area contributed by atoms with Gasteiger partial charge in [-0.05, 0) is 19.3 Å². The number of hydrogen-bond donors (Lipinski definition) is 3. The molecule has 0 saturated heterocycles. The van der Waals surface area contributed by atoms with Crippen LogP contribution in [0.5, 0.6) is 0 Å². The summed E-state index contributed by atoms with van der Waals surface area (Å²) in [4.78, 5) is 21.3. The fraction of sp³-hybridized carbons (Fsp3) is 0.750. The van der Waals surface area contributed by atoms with Crippen molar-refractivity contribution in [3.05, 3.63) is 0 Å². The van der Waals surface area contributed by atoms with Crippen LogP contribution < -0.4 is 5.73 Å². The Labute approximate surface area is 75.5 Å². The monoisotopic (exact) mass is 187 g/mol. The zero-order valence-corrected chi connectivity index (χ0v) is 7.19. The summed E-state index contributed by atoms with van der Waals surface area (Å²) in [6.07, 6.45) is 1.51. The van der Waals surface area contributed by atoms with E-state index in [-0.39, 0.29) is 6.42 Å². The molecule has 1 fully saturated rings. The first kappa shape index (κ1) is 9.98. The van der Waals surface area contributed by atoms with Gasteiger partial charge in [0, 0.05) is 0 Å². The predicted octanol–water partition coefficient (Wildman–Crippen LogP) is 0.0433. The van der Waals surface area contributed by atoms with Gasteiger partial charge in [-0.15, -0.1) is 0 Å². The Balaban J connectivity index is 2.71. The second kappa shape index (κ2) is 3.33. The van der Waals surface area contributed by atoms with Crippen LogP contribution in [0.3, 0.4) is 0 Å². The molecule has 0 amide bonds. The van der Waals surface area contributed by atoms with E-state index in [2.05, 4.69) is 0 Å². The van der Waals surface area contributed by atoms with E-state index in [1.807, 2.05) is 0 Å². The molecule has 5 heteroatoms.